The predicted molar refractivity (Wildman–Crippen MR) is 157 cm³/mol. The lowest BCUT2D eigenvalue weighted by Crippen LogP contribution is -2.61. The second-order valence-corrected chi connectivity index (χ2v) is 16.0. The van der Waals surface area contributed by atoms with Crippen molar-refractivity contribution in [3.63, 3.8) is 0 Å². The Labute approximate surface area is 240 Å². The topological polar surface area (TPSA) is 74.6 Å². The minimum absolute atomic E-state index is 0.0488. The number of hydrogen-bond donors (Lipinski definition) is 2. The quantitative estimate of drug-likeness (QED) is 0.399. The molecular formula is C36H48O4. The Morgan fingerprint density at radius 3 is 2.10 bits per heavy atom. The first-order chi connectivity index (χ1) is 18.9. The van der Waals surface area contributed by atoms with E-state index < -0.39 is 22.8 Å². The highest BCUT2D eigenvalue weighted by Crippen LogP contribution is 2.73. The highest BCUT2D eigenvalue weighted by molar-refractivity contribution is 5.85. The number of allylic oxidation sites excluding steroid dienone is 2. The average molecular weight is 545 g/mol. The summed E-state index contributed by atoms with van der Waals surface area (Å²) >= 11 is 0. The third-order valence-electron chi connectivity index (χ3n) is 14.4. The third-order valence-corrected chi connectivity index (χ3v) is 14.4. The maximum atomic E-state index is 12.5. The summed E-state index contributed by atoms with van der Waals surface area (Å²) < 4.78 is 0. The molecule has 4 unspecified atom stereocenters. The Bertz CT molecular complexity index is 1270. The van der Waals surface area contributed by atoms with Gasteiger partial charge in [-0.2, -0.15) is 0 Å². The number of aliphatic carboxylic acids is 2. The Morgan fingerprint density at radius 1 is 0.725 bits per heavy atom. The van der Waals surface area contributed by atoms with E-state index in [9.17, 15) is 19.8 Å². The molecule has 0 bridgehead atoms. The Morgan fingerprint density at radius 2 is 1.45 bits per heavy atom. The average Bonchev–Trinajstić information content (AvgIpc) is 3.60. The summed E-state index contributed by atoms with van der Waals surface area (Å²) in [5.41, 5.74) is 3.17. The highest BCUT2D eigenvalue weighted by atomic mass is 16.4. The van der Waals surface area contributed by atoms with E-state index in [1.807, 2.05) is 0 Å². The fourth-order valence-electron chi connectivity index (χ4n) is 12.4. The number of fused-ring (bicyclic) bond motifs is 7. The van der Waals surface area contributed by atoms with E-state index in [1.54, 1.807) is 0 Å². The molecule has 5 saturated carbocycles. The molecule has 6 aliphatic rings. The zero-order valence-electron chi connectivity index (χ0n) is 25.0. The molecule has 4 heteroatoms. The molecule has 0 radical (unpaired) electrons. The van der Waals surface area contributed by atoms with Gasteiger partial charge in [0.05, 0.1) is 10.8 Å². The molecule has 8 atom stereocenters. The number of carbonyl (C=O) groups is 2. The summed E-state index contributed by atoms with van der Waals surface area (Å²) in [4.78, 5) is 24.4. The Hall–Kier alpha value is -2.10. The number of benzene rings is 1. The van der Waals surface area contributed by atoms with Gasteiger partial charge >= 0.3 is 11.9 Å². The van der Waals surface area contributed by atoms with Crippen molar-refractivity contribution in [2.24, 2.45) is 51.2 Å². The number of carboxylic acid groups (broad SMARTS) is 2. The molecular weight excluding hydrogens is 496 g/mol. The summed E-state index contributed by atoms with van der Waals surface area (Å²) in [6.45, 7) is 10.1. The van der Waals surface area contributed by atoms with Crippen LogP contribution < -0.4 is 0 Å². The van der Waals surface area contributed by atoms with Gasteiger partial charge in [-0.05, 0) is 133 Å². The normalized spacial score (nSPS) is 44.3. The summed E-state index contributed by atoms with van der Waals surface area (Å²) in [5, 5.41) is 20.1. The second-order valence-electron chi connectivity index (χ2n) is 16.0. The first-order valence-corrected chi connectivity index (χ1v) is 16.2. The zero-order chi connectivity index (χ0) is 28.3. The first kappa shape index (κ1) is 26.8. The molecule has 5 fully saturated rings. The molecule has 0 spiro atoms. The molecule has 0 aliphatic heterocycles. The van der Waals surface area contributed by atoms with Gasteiger partial charge in [0.2, 0.25) is 0 Å². The van der Waals surface area contributed by atoms with Gasteiger partial charge in [0.1, 0.15) is 0 Å². The van der Waals surface area contributed by atoms with E-state index in [0.29, 0.717) is 35.0 Å². The van der Waals surface area contributed by atoms with Crippen molar-refractivity contribution in [2.75, 3.05) is 0 Å². The zero-order valence-corrected chi connectivity index (χ0v) is 25.0. The van der Waals surface area contributed by atoms with Crippen molar-refractivity contribution in [2.45, 2.75) is 110 Å². The lowest BCUT2D eigenvalue weighted by Gasteiger charge is -2.68. The van der Waals surface area contributed by atoms with Crippen LogP contribution in [0.1, 0.15) is 116 Å². The van der Waals surface area contributed by atoms with E-state index in [-0.39, 0.29) is 10.8 Å². The molecule has 0 saturated heterocycles. The van der Waals surface area contributed by atoms with Crippen LogP contribution in [-0.4, -0.2) is 22.2 Å². The minimum atomic E-state index is -0.687. The van der Waals surface area contributed by atoms with Crippen LogP contribution in [-0.2, 0) is 15.0 Å². The summed E-state index contributed by atoms with van der Waals surface area (Å²) in [7, 11) is 0. The molecule has 0 heterocycles. The fourth-order valence-corrected chi connectivity index (χ4v) is 12.4. The standard InChI is InChI=1S/C36H48O4/c1-32(2)25(22-7-9-23(10-8-22)35(20-21-35)30(37)38)13-17-34(4)28(32)15-18-33(3)26-14-19-36(31(39)40)16-5-6-27(36)24(26)11-12-29(33)34/h7-10,13,24,26-29H,5-6,11-12,14-21H2,1-4H3,(H,37,38)(H,39,40)/t24-,26?,27?,28?,29?,33-,34-,36-/m0/s1. The van der Waals surface area contributed by atoms with Crippen LogP contribution in [0.5, 0.6) is 0 Å². The highest BCUT2D eigenvalue weighted by Gasteiger charge is 2.66. The number of carboxylic acids is 2. The molecule has 216 valence electrons. The molecule has 4 nitrogen and oxygen atoms in total. The van der Waals surface area contributed by atoms with Crippen molar-refractivity contribution in [1.82, 2.24) is 0 Å². The maximum absolute atomic E-state index is 12.5. The SMILES string of the molecule is CC1(C)C(c2ccc(C3(C(=O)O)CC3)cc2)=CC[C@@]2(C)C1CC[C@@]1(C)C3CC[C@@]4(C(=O)O)CCCC4[C@H]3CCC12. The minimum Gasteiger partial charge on any atom is -0.481 e. The van der Waals surface area contributed by atoms with Gasteiger partial charge in [-0.15, -0.1) is 0 Å². The lowest BCUT2D eigenvalue weighted by atomic mass is 9.36. The van der Waals surface area contributed by atoms with Crippen LogP contribution in [0.3, 0.4) is 0 Å². The second kappa shape index (κ2) is 8.48. The molecule has 0 amide bonds. The van der Waals surface area contributed by atoms with E-state index in [1.165, 1.54) is 36.8 Å². The molecule has 1 aromatic rings. The monoisotopic (exact) mass is 544 g/mol. The smallest absolute Gasteiger partial charge is 0.314 e. The van der Waals surface area contributed by atoms with Gasteiger partial charge in [0, 0.05) is 0 Å². The third kappa shape index (κ3) is 3.31. The van der Waals surface area contributed by atoms with Crippen LogP contribution in [0, 0.1) is 51.2 Å². The molecule has 6 aliphatic carbocycles. The lowest BCUT2D eigenvalue weighted by molar-refractivity contribution is -0.187. The van der Waals surface area contributed by atoms with Crippen molar-refractivity contribution >= 4 is 17.5 Å². The number of hydrogen-bond acceptors (Lipinski definition) is 2. The summed E-state index contributed by atoms with van der Waals surface area (Å²) in [6.07, 6.45) is 15.2. The van der Waals surface area contributed by atoms with Gasteiger partial charge in [-0.3, -0.25) is 9.59 Å². The summed E-state index contributed by atoms with van der Waals surface area (Å²) in [5.74, 6) is 1.75. The van der Waals surface area contributed by atoms with Crippen LogP contribution in [0.4, 0.5) is 0 Å². The molecule has 1 aromatic carbocycles. The first-order valence-electron chi connectivity index (χ1n) is 16.2. The van der Waals surface area contributed by atoms with Crippen LogP contribution in [0.2, 0.25) is 0 Å². The Balaban J connectivity index is 1.18. The van der Waals surface area contributed by atoms with E-state index in [4.69, 9.17) is 0 Å². The van der Waals surface area contributed by atoms with Gasteiger partial charge < -0.3 is 10.2 Å². The van der Waals surface area contributed by atoms with Gasteiger partial charge in [-0.25, -0.2) is 0 Å². The van der Waals surface area contributed by atoms with Crippen molar-refractivity contribution in [3.05, 3.63) is 41.5 Å². The largest absolute Gasteiger partial charge is 0.481 e. The molecule has 2 N–H and O–H groups in total. The maximum Gasteiger partial charge on any atom is 0.314 e. The van der Waals surface area contributed by atoms with Crippen molar-refractivity contribution < 1.29 is 19.8 Å². The van der Waals surface area contributed by atoms with Crippen molar-refractivity contribution in [1.29, 1.82) is 0 Å². The van der Waals surface area contributed by atoms with Crippen LogP contribution >= 0.6 is 0 Å². The van der Waals surface area contributed by atoms with E-state index in [0.717, 1.165) is 56.9 Å². The van der Waals surface area contributed by atoms with Gasteiger partial charge in [0.15, 0.2) is 0 Å². The molecule has 7 rings (SSSR count). The molecule has 40 heavy (non-hydrogen) atoms. The van der Waals surface area contributed by atoms with Crippen molar-refractivity contribution in [3.8, 4) is 0 Å². The van der Waals surface area contributed by atoms with Crippen LogP contribution in [0.25, 0.3) is 5.57 Å². The van der Waals surface area contributed by atoms with Crippen LogP contribution in [0.15, 0.2) is 30.3 Å². The predicted octanol–water partition coefficient (Wildman–Crippen LogP) is 8.35. The van der Waals surface area contributed by atoms with E-state index in [2.05, 4.69) is 58.0 Å². The van der Waals surface area contributed by atoms with Gasteiger partial charge in [-0.1, -0.05) is 64.5 Å². The molecule has 0 aromatic heterocycles. The summed E-state index contributed by atoms with van der Waals surface area (Å²) in [6, 6.07) is 8.52. The number of rotatable bonds is 4. The van der Waals surface area contributed by atoms with E-state index >= 15 is 0 Å². The Kier molecular flexibility index (Phi) is 5.67. The fraction of sp³-hybridized carbons (Fsp3) is 0.722. The van der Waals surface area contributed by atoms with Gasteiger partial charge in [0.25, 0.3) is 0 Å².